The van der Waals surface area contributed by atoms with Crippen molar-refractivity contribution >= 4 is 0 Å². The smallest absolute Gasteiger partial charge is 0.128 e. The summed E-state index contributed by atoms with van der Waals surface area (Å²) in [6.07, 6.45) is 11.8. The number of nitrogens with zero attached hydrogens (tertiary/aromatic N) is 2. The quantitative estimate of drug-likeness (QED) is 0.908. The fraction of sp³-hybridized carbons (Fsp3) is 0.571. The molecule has 1 N–H and O–H groups in total. The maximum Gasteiger partial charge on any atom is 0.128 e. The molecule has 1 aromatic heterocycles. The fourth-order valence-corrected chi connectivity index (χ4v) is 5.67. The maximum atomic E-state index is 14.7. The summed E-state index contributed by atoms with van der Waals surface area (Å²) in [5, 5.41) is 11.2. The number of hydrogen-bond donors (Lipinski definition) is 1. The number of rotatable bonds is 3. The first kappa shape index (κ1) is 15.6. The molecule has 132 valence electrons. The summed E-state index contributed by atoms with van der Waals surface area (Å²) < 4.78 is 16.8. The second-order valence-corrected chi connectivity index (χ2v) is 8.39. The highest BCUT2D eigenvalue weighted by atomic mass is 19.1. The van der Waals surface area contributed by atoms with Crippen LogP contribution in [0.15, 0.2) is 30.7 Å². The van der Waals surface area contributed by atoms with Crippen LogP contribution in [0.2, 0.25) is 0 Å². The molecule has 3 fully saturated rings. The van der Waals surface area contributed by atoms with Crippen LogP contribution in [0.1, 0.15) is 67.8 Å². The Morgan fingerprint density at radius 1 is 1.24 bits per heavy atom. The van der Waals surface area contributed by atoms with Crippen LogP contribution in [0, 0.1) is 17.2 Å². The Morgan fingerprint density at radius 2 is 2.00 bits per heavy atom. The van der Waals surface area contributed by atoms with E-state index in [4.69, 9.17) is 0 Å². The number of imidazole rings is 1. The molecule has 0 spiro atoms. The molecular weight excluding hydrogens is 315 g/mol. The van der Waals surface area contributed by atoms with Gasteiger partial charge in [-0.05, 0) is 67.9 Å². The van der Waals surface area contributed by atoms with Gasteiger partial charge in [0.15, 0.2) is 0 Å². The number of hydrogen-bond acceptors (Lipinski definition) is 2. The van der Waals surface area contributed by atoms with E-state index in [0.29, 0.717) is 12.8 Å². The van der Waals surface area contributed by atoms with E-state index in [1.807, 2.05) is 12.3 Å². The lowest BCUT2D eigenvalue weighted by Gasteiger charge is -2.50. The molecule has 0 radical (unpaired) electrons. The molecule has 2 unspecified atom stereocenters. The average Bonchev–Trinajstić information content (AvgIpc) is 3.11. The van der Waals surface area contributed by atoms with Crippen molar-refractivity contribution in [1.29, 1.82) is 0 Å². The predicted molar refractivity (Wildman–Crippen MR) is 93.8 cm³/mol. The second-order valence-electron chi connectivity index (χ2n) is 8.39. The van der Waals surface area contributed by atoms with Gasteiger partial charge >= 0.3 is 0 Å². The molecule has 25 heavy (non-hydrogen) atoms. The van der Waals surface area contributed by atoms with Gasteiger partial charge in [-0.2, -0.15) is 0 Å². The summed E-state index contributed by atoms with van der Waals surface area (Å²) in [7, 11) is 0. The average molecular weight is 340 g/mol. The summed E-state index contributed by atoms with van der Waals surface area (Å²) in [5.41, 5.74) is 2.96. The van der Waals surface area contributed by atoms with Crippen LogP contribution < -0.4 is 0 Å². The Balaban J connectivity index is 1.50. The van der Waals surface area contributed by atoms with Gasteiger partial charge in [0.2, 0.25) is 0 Å². The topological polar surface area (TPSA) is 38.1 Å². The van der Waals surface area contributed by atoms with Gasteiger partial charge in [0.1, 0.15) is 5.82 Å². The molecule has 4 aliphatic rings. The Bertz CT molecular complexity index is 777. The fourth-order valence-electron chi connectivity index (χ4n) is 5.67. The zero-order valence-electron chi connectivity index (χ0n) is 14.5. The van der Waals surface area contributed by atoms with E-state index in [0.717, 1.165) is 42.0 Å². The first-order chi connectivity index (χ1) is 12.2. The molecule has 1 aromatic carbocycles. The molecule has 0 amide bonds. The molecule has 2 heterocycles. The Labute approximate surface area is 147 Å². The monoisotopic (exact) mass is 340 g/mol. The van der Waals surface area contributed by atoms with Crippen LogP contribution in [-0.4, -0.2) is 20.8 Å². The summed E-state index contributed by atoms with van der Waals surface area (Å²) in [6, 6.07) is 5.20. The molecule has 6 rings (SSSR count). The first-order valence-electron chi connectivity index (χ1n) is 9.62. The van der Waals surface area contributed by atoms with Gasteiger partial charge in [0.25, 0.3) is 0 Å². The minimum atomic E-state index is -0.375. The molecule has 3 nitrogen and oxygen atoms in total. The number of aliphatic hydroxyl groups excluding tert-OH is 1. The second kappa shape index (κ2) is 5.66. The summed E-state index contributed by atoms with van der Waals surface area (Å²) >= 11 is 0. The zero-order chi connectivity index (χ0) is 17.0. The van der Waals surface area contributed by atoms with E-state index in [2.05, 4.69) is 9.55 Å². The Morgan fingerprint density at radius 3 is 2.76 bits per heavy atom. The minimum Gasteiger partial charge on any atom is -0.392 e. The van der Waals surface area contributed by atoms with Gasteiger partial charge < -0.3 is 9.67 Å². The van der Waals surface area contributed by atoms with Crippen molar-refractivity contribution in [2.45, 2.75) is 63.5 Å². The number of fused-ring (bicyclic) bond motifs is 5. The molecule has 3 saturated carbocycles. The van der Waals surface area contributed by atoms with Crippen molar-refractivity contribution in [1.82, 2.24) is 9.55 Å². The van der Waals surface area contributed by atoms with Crippen molar-refractivity contribution in [3.8, 4) is 0 Å². The molecule has 1 aliphatic heterocycles. The number of aliphatic hydroxyl groups is 1. The molecule has 3 aliphatic carbocycles. The minimum absolute atomic E-state index is 0.0539. The lowest BCUT2D eigenvalue weighted by Crippen LogP contribution is -2.44. The Kier molecular flexibility index (Phi) is 3.53. The molecular formula is C21H25FN2O. The maximum absolute atomic E-state index is 14.7. The van der Waals surface area contributed by atoms with E-state index < -0.39 is 0 Å². The van der Waals surface area contributed by atoms with Crippen LogP contribution in [0.5, 0.6) is 0 Å². The van der Waals surface area contributed by atoms with Crippen LogP contribution in [0.3, 0.4) is 0 Å². The van der Waals surface area contributed by atoms with Crippen molar-refractivity contribution < 1.29 is 9.50 Å². The third-order valence-electron chi connectivity index (χ3n) is 7.23. The molecule has 2 atom stereocenters. The van der Waals surface area contributed by atoms with Crippen LogP contribution in [-0.2, 0) is 6.42 Å². The van der Waals surface area contributed by atoms with Crippen molar-refractivity contribution in [3.63, 3.8) is 0 Å². The van der Waals surface area contributed by atoms with Gasteiger partial charge in [-0.15, -0.1) is 0 Å². The van der Waals surface area contributed by atoms with Crippen molar-refractivity contribution in [2.75, 3.05) is 0 Å². The van der Waals surface area contributed by atoms with Crippen LogP contribution in [0.25, 0.3) is 0 Å². The van der Waals surface area contributed by atoms with E-state index in [1.54, 1.807) is 18.5 Å². The Hall–Kier alpha value is -1.68. The number of halogens is 1. The van der Waals surface area contributed by atoms with E-state index in [-0.39, 0.29) is 23.4 Å². The molecule has 4 heteroatoms. The third-order valence-corrected chi connectivity index (χ3v) is 7.23. The SMILES string of the molecule is OC(CC1c2c(F)cccc2Cc2cncn21)C12CCC(CC1)CC2. The largest absolute Gasteiger partial charge is 0.392 e. The zero-order valence-corrected chi connectivity index (χ0v) is 14.5. The molecule has 2 aromatic rings. The van der Waals surface area contributed by atoms with Crippen LogP contribution in [0.4, 0.5) is 4.39 Å². The van der Waals surface area contributed by atoms with Gasteiger partial charge in [-0.3, -0.25) is 0 Å². The third kappa shape index (κ3) is 2.37. The van der Waals surface area contributed by atoms with Gasteiger partial charge in [-0.1, -0.05) is 12.1 Å². The molecule has 2 bridgehead atoms. The highest BCUT2D eigenvalue weighted by Gasteiger charge is 2.46. The number of aromatic nitrogens is 2. The van der Waals surface area contributed by atoms with Crippen molar-refractivity contribution in [3.05, 3.63) is 53.4 Å². The predicted octanol–water partition coefficient (Wildman–Crippen LogP) is 4.24. The van der Waals surface area contributed by atoms with Crippen LogP contribution >= 0.6 is 0 Å². The normalized spacial score (nSPS) is 31.4. The van der Waals surface area contributed by atoms with Gasteiger partial charge in [-0.25, -0.2) is 9.37 Å². The first-order valence-corrected chi connectivity index (χ1v) is 9.62. The highest BCUT2D eigenvalue weighted by molar-refractivity contribution is 5.38. The van der Waals surface area contributed by atoms with Crippen molar-refractivity contribution in [2.24, 2.45) is 11.3 Å². The summed E-state index contributed by atoms with van der Waals surface area (Å²) in [4.78, 5) is 4.29. The van der Waals surface area contributed by atoms with Gasteiger partial charge in [0, 0.05) is 23.9 Å². The van der Waals surface area contributed by atoms with E-state index in [9.17, 15) is 9.50 Å². The number of benzene rings is 1. The standard InChI is InChI=1S/C21H25FN2O/c22-17-3-1-2-15-10-16-12-23-13-24(16)18(20(15)17)11-19(25)21-7-4-14(5-8-21)6-9-21/h1-3,12-14,18-19,25H,4-11H2. The van der Waals surface area contributed by atoms with E-state index >= 15 is 0 Å². The lowest BCUT2D eigenvalue weighted by molar-refractivity contribution is -0.0614. The summed E-state index contributed by atoms with van der Waals surface area (Å²) in [6.45, 7) is 0. The van der Waals surface area contributed by atoms with E-state index in [1.165, 1.54) is 19.3 Å². The highest BCUT2D eigenvalue weighted by Crippen LogP contribution is 2.54. The van der Waals surface area contributed by atoms with Gasteiger partial charge in [0.05, 0.1) is 18.5 Å². The molecule has 0 saturated heterocycles. The lowest BCUT2D eigenvalue weighted by atomic mass is 9.57. The summed E-state index contributed by atoms with van der Waals surface area (Å²) in [5.74, 6) is 0.723.